The number of likely N-dealkylation sites (tertiary alicyclic amines) is 1. The lowest BCUT2D eigenvalue weighted by molar-refractivity contribution is 0.255. The minimum atomic E-state index is 0.597. The van der Waals surface area contributed by atoms with Crippen molar-refractivity contribution in [2.75, 3.05) is 6.54 Å². The van der Waals surface area contributed by atoms with Crippen molar-refractivity contribution in [2.45, 2.75) is 46.1 Å². The summed E-state index contributed by atoms with van der Waals surface area (Å²) in [6.45, 7) is 7.82. The molecule has 1 rings (SSSR count). The van der Waals surface area contributed by atoms with E-state index in [0.717, 1.165) is 18.8 Å². The summed E-state index contributed by atoms with van der Waals surface area (Å²) >= 11 is 0. The summed E-state index contributed by atoms with van der Waals surface area (Å²) in [5.41, 5.74) is 0. The van der Waals surface area contributed by atoms with Crippen LogP contribution in [-0.4, -0.2) is 23.3 Å². The van der Waals surface area contributed by atoms with Crippen LogP contribution in [0, 0.1) is 11.3 Å². The monoisotopic (exact) mass is 168 g/mol. The molecule has 1 N–H and O–H groups in total. The lowest BCUT2D eigenvalue weighted by atomic mass is 10.0. The standard InChI is InChI=1S/C10H20N2/c1-4-9(8(2)3)12-7-5-6-10(12)11/h8-9,11H,4-7H2,1-3H3. The first kappa shape index (κ1) is 9.56. The van der Waals surface area contributed by atoms with Crippen LogP contribution in [0.1, 0.15) is 40.0 Å². The highest BCUT2D eigenvalue weighted by Crippen LogP contribution is 2.21. The van der Waals surface area contributed by atoms with Crippen molar-refractivity contribution in [3.8, 4) is 0 Å². The van der Waals surface area contributed by atoms with Gasteiger partial charge in [-0.3, -0.25) is 5.41 Å². The molecule has 1 fully saturated rings. The van der Waals surface area contributed by atoms with Gasteiger partial charge < -0.3 is 4.90 Å². The van der Waals surface area contributed by atoms with E-state index in [1.54, 1.807) is 0 Å². The summed E-state index contributed by atoms with van der Waals surface area (Å²) in [5, 5.41) is 7.76. The predicted molar refractivity (Wildman–Crippen MR) is 52.6 cm³/mol. The lowest BCUT2D eigenvalue weighted by Crippen LogP contribution is -2.38. The Kier molecular flexibility index (Phi) is 3.12. The molecule has 0 aromatic carbocycles. The Bertz CT molecular complexity index is 163. The van der Waals surface area contributed by atoms with E-state index in [-0.39, 0.29) is 0 Å². The topological polar surface area (TPSA) is 27.1 Å². The van der Waals surface area contributed by atoms with Crippen molar-refractivity contribution in [3.05, 3.63) is 0 Å². The Labute approximate surface area is 75.5 Å². The van der Waals surface area contributed by atoms with E-state index in [1.807, 2.05) is 0 Å². The summed E-state index contributed by atoms with van der Waals surface area (Å²) in [6, 6.07) is 0.597. The van der Waals surface area contributed by atoms with Gasteiger partial charge >= 0.3 is 0 Å². The van der Waals surface area contributed by atoms with Gasteiger partial charge in [-0.1, -0.05) is 20.8 Å². The molecule has 1 atom stereocenters. The molecular weight excluding hydrogens is 148 g/mol. The summed E-state index contributed by atoms with van der Waals surface area (Å²) in [4.78, 5) is 2.28. The number of nitrogens with one attached hydrogen (secondary N) is 1. The second-order valence-corrected chi connectivity index (χ2v) is 3.96. The van der Waals surface area contributed by atoms with Crippen molar-refractivity contribution in [1.82, 2.24) is 4.90 Å². The van der Waals surface area contributed by atoms with Crippen molar-refractivity contribution in [1.29, 1.82) is 5.41 Å². The molecular formula is C10H20N2. The lowest BCUT2D eigenvalue weighted by Gasteiger charge is -2.31. The average Bonchev–Trinajstić information content (AvgIpc) is 2.38. The van der Waals surface area contributed by atoms with Gasteiger partial charge in [0.1, 0.15) is 0 Å². The molecule has 1 heterocycles. The van der Waals surface area contributed by atoms with Crippen LogP contribution in [0.15, 0.2) is 0 Å². The molecule has 1 aliphatic heterocycles. The zero-order valence-electron chi connectivity index (χ0n) is 8.43. The molecule has 2 heteroatoms. The quantitative estimate of drug-likeness (QED) is 0.688. The van der Waals surface area contributed by atoms with E-state index >= 15 is 0 Å². The fourth-order valence-electron chi connectivity index (χ4n) is 2.11. The van der Waals surface area contributed by atoms with Gasteiger partial charge in [-0.15, -0.1) is 0 Å². The summed E-state index contributed by atoms with van der Waals surface area (Å²) in [7, 11) is 0. The van der Waals surface area contributed by atoms with Crippen molar-refractivity contribution >= 4 is 5.84 Å². The van der Waals surface area contributed by atoms with Gasteiger partial charge in [0.2, 0.25) is 0 Å². The fourth-order valence-corrected chi connectivity index (χ4v) is 2.11. The highest BCUT2D eigenvalue weighted by molar-refractivity contribution is 5.81. The van der Waals surface area contributed by atoms with Crippen molar-refractivity contribution in [2.24, 2.45) is 5.92 Å². The fraction of sp³-hybridized carbons (Fsp3) is 0.900. The largest absolute Gasteiger partial charge is 0.357 e. The summed E-state index contributed by atoms with van der Waals surface area (Å²) in [6.07, 6.45) is 3.34. The number of rotatable bonds is 3. The van der Waals surface area contributed by atoms with Crippen LogP contribution in [0.2, 0.25) is 0 Å². The van der Waals surface area contributed by atoms with Crippen LogP contribution in [-0.2, 0) is 0 Å². The zero-order valence-corrected chi connectivity index (χ0v) is 8.43. The maximum Gasteiger partial charge on any atom is 0.0960 e. The molecule has 70 valence electrons. The van der Waals surface area contributed by atoms with Gasteiger partial charge in [-0.2, -0.15) is 0 Å². The molecule has 1 unspecified atom stereocenters. The highest BCUT2D eigenvalue weighted by atomic mass is 15.2. The molecule has 2 nitrogen and oxygen atoms in total. The molecule has 12 heavy (non-hydrogen) atoms. The van der Waals surface area contributed by atoms with Crippen LogP contribution in [0.3, 0.4) is 0 Å². The normalized spacial score (nSPS) is 20.7. The van der Waals surface area contributed by atoms with Gasteiger partial charge in [-0.05, 0) is 18.8 Å². The minimum Gasteiger partial charge on any atom is -0.357 e. The number of hydrogen-bond acceptors (Lipinski definition) is 1. The first-order valence-corrected chi connectivity index (χ1v) is 5.00. The molecule has 0 aliphatic carbocycles. The van der Waals surface area contributed by atoms with Gasteiger partial charge in [0.05, 0.1) is 5.84 Å². The Morgan fingerprint density at radius 2 is 2.17 bits per heavy atom. The third kappa shape index (κ3) is 1.79. The second-order valence-electron chi connectivity index (χ2n) is 3.96. The Balaban J connectivity index is 2.58. The molecule has 0 amide bonds. The number of hydrogen-bond donors (Lipinski definition) is 1. The third-order valence-corrected chi connectivity index (χ3v) is 2.75. The van der Waals surface area contributed by atoms with Crippen molar-refractivity contribution in [3.63, 3.8) is 0 Å². The summed E-state index contributed by atoms with van der Waals surface area (Å²) < 4.78 is 0. The molecule has 0 aromatic heterocycles. The molecule has 1 aliphatic rings. The molecule has 0 radical (unpaired) electrons. The van der Waals surface area contributed by atoms with E-state index in [1.165, 1.54) is 12.8 Å². The maximum absolute atomic E-state index is 7.76. The predicted octanol–water partition coefficient (Wildman–Crippen LogP) is 2.49. The molecule has 0 saturated carbocycles. The SMILES string of the molecule is CCC(C(C)C)N1CCCC1=N. The third-order valence-electron chi connectivity index (χ3n) is 2.75. The summed E-state index contributed by atoms with van der Waals surface area (Å²) in [5.74, 6) is 1.53. The van der Waals surface area contributed by atoms with Gasteiger partial charge in [0, 0.05) is 19.0 Å². The van der Waals surface area contributed by atoms with E-state index in [9.17, 15) is 0 Å². The van der Waals surface area contributed by atoms with Gasteiger partial charge in [0.15, 0.2) is 0 Å². The average molecular weight is 168 g/mol. The molecule has 1 saturated heterocycles. The van der Waals surface area contributed by atoms with Crippen LogP contribution in [0.5, 0.6) is 0 Å². The van der Waals surface area contributed by atoms with Crippen LogP contribution >= 0.6 is 0 Å². The van der Waals surface area contributed by atoms with Gasteiger partial charge in [-0.25, -0.2) is 0 Å². The van der Waals surface area contributed by atoms with E-state index < -0.39 is 0 Å². The Hall–Kier alpha value is -0.530. The number of nitrogens with zero attached hydrogens (tertiary/aromatic N) is 1. The second kappa shape index (κ2) is 3.92. The van der Waals surface area contributed by atoms with Gasteiger partial charge in [0.25, 0.3) is 0 Å². The van der Waals surface area contributed by atoms with Crippen LogP contribution in [0.25, 0.3) is 0 Å². The Morgan fingerprint density at radius 3 is 2.50 bits per heavy atom. The maximum atomic E-state index is 7.76. The molecule has 0 bridgehead atoms. The smallest absolute Gasteiger partial charge is 0.0960 e. The first-order valence-electron chi connectivity index (χ1n) is 5.00. The van der Waals surface area contributed by atoms with E-state index in [4.69, 9.17) is 5.41 Å². The first-order chi connectivity index (χ1) is 5.66. The molecule has 0 spiro atoms. The number of amidine groups is 1. The van der Waals surface area contributed by atoms with Crippen LogP contribution in [0.4, 0.5) is 0 Å². The zero-order chi connectivity index (χ0) is 9.14. The van der Waals surface area contributed by atoms with Crippen LogP contribution < -0.4 is 0 Å². The van der Waals surface area contributed by atoms with E-state index in [0.29, 0.717) is 12.0 Å². The molecule has 0 aromatic rings. The van der Waals surface area contributed by atoms with E-state index in [2.05, 4.69) is 25.7 Å². The minimum absolute atomic E-state index is 0.597. The highest BCUT2D eigenvalue weighted by Gasteiger charge is 2.25. The van der Waals surface area contributed by atoms with Crippen molar-refractivity contribution < 1.29 is 0 Å². The Morgan fingerprint density at radius 1 is 1.50 bits per heavy atom.